The van der Waals surface area contributed by atoms with E-state index in [2.05, 4.69) is 32.9 Å². The molecule has 29 heavy (non-hydrogen) atoms. The molecule has 2 heterocycles. The maximum Gasteiger partial charge on any atom is 0.164 e. The Bertz CT molecular complexity index is 1010. The minimum atomic E-state index is -0.240. The first-order chi connectivity index (χ1) is 13.7. The van der Waals surface area contributed by atoms with Crippen molar-refractivity contribution in [2.24, 2.45) is 7.05 Å². The van der Waals surface area contributed by atoms with Gasteiger partial charge in [0.2, 0.25) is 0 Å². The lowest BCUT2D eigenvalue weighted by atomic mass is 9.96. The van der Waals surface area contributed by atoms with E-state index in [9.17, 15) is 0 Å². The Morgan fingerprint density at radius 3 is 1.97 bits per heavy atom. The molecule has 0 saturated heterocycles. The second-order valence-corrected chi connectivity index (χ2v) is 7.61. The van der Waals surface area contributed by atoms with Crippen LogP contribution in [0.2, 0.25) is 0 Å². The summed E-state index contributed by atoms with van der Waals surface area (Å²) in [5.74, 6) is 1.39. The molecule has 7 heteroatoms. The first kappa shape index (κ1) is 21.2. The van der Waals surface area contributed by atoms with E-state index >= 15 is 0 Å². The van der Waals surface area contributed by atoms with Crippen molar-refractivity contribution < 1.29 is 9.47 Å². The Morgan fingerprint density at radius 1 is 0.897 bits per heavy atom. The van der Waals surface area contributed by atoms with Gasteiger partial charge in [-0.05, 0) is 52.7 Å². The molecule has 0 aliphatic heterocycles. The number of anilines is 1. The summed E-state index contributed by atoms with van der Waals surface area (Å²) in [5, 5.41) is 4.83. The molecule has 7 nitrogen and oxygen atoms in total. The number of ether oxygens (including phenoxy) is 2. The molecule has 0 N–H and O–H groups in total. The molecule has 0 saturated carbocycles. The minimum absolute atomic E-state index is 0.240. The summed E-state index contributed by atoms with van der Waals surface area (Å²) in [6.45, 7) is 12.2. The molecule has 156 valence electrons. The van der Waals surface area contributed by atoms with Crippen LogP contribution in [0.4, 0.5) is 5.82 Å². The van der Waals surface area contributed by atoms with Crippen LogP contribution in [-0.4, -0.2) is 46.4 Å². The Hall–Kier alpha value is -2.51. The summed E-state index contributed by atoms with van der Waals surface area (Å²) >= 11 is 0. The molecule has 0 fully saturated rings. The molecule has 3 aromatic rings. The van der Waals surface area contributed by atoms with Gasteiger partial charge in [-0.15, -0.1) is 0 Å². The van der Waals surface area contributed by atoms with Gasteiger partial charge in [0.15, 0.2) is 11.3 Å². The lowest BCUT2D eigenvalue weighted by Gasteiger charge is -2.33. The number of rotatable bonds is 6. The highest BCUT2D eigenvalue weighted by molar-refractivity contribution is 5.97. The number of nitrogens with zero attached hydrogens (tertiary/aromatic N) is 5. The van der Waals surface area contributed by atoms with Gasteiger partial charge in [-0.3, -0.25) is 4.68 Å². The maximum atomic E-state index is 5.60. The third-order valence-corrected chi connectivity index (χ3v) is 5.40. The highest BCUT2D eigenvalue weighted by atomic mass is 16.5. The van der Waals surface area contributed by atoms with Crippen molar-refractivity contribution in [3.63, 3.8) is 0 Å². The van der Waals surface area contributed by atoms with Gasteiger partial charge < -0.3 is 14.4 Å². The lowest BCUT2D eigenvalue weighted by Crippen LogP contribution is -2.43. The third kappa shape index (κ3) is 3.72. The Kier molecular flexibility index (Phi) is 5.91. The van der Waals surface area contributed by atoms with Crippen LogP contribution in [-0.2, 0) is 16.5 Å². The van der Waals surface area contributed by atoms with Crippen LogP contribution < -0.4 is 4.90 Å². The highest BCUT2D eigenvalue weighted by Crippen LogP contribution is 2.36. The van der Waals surface area contributed by atoms with E-state index < -0.39 is 0 Å². The predicted octanol–water partition coefficient (Wildman–Crippen LogP) is 4.06. The van der Waals surface area contributed by atoms with Crippen molar-refractivity contribution in [2.75, 3.05) is 19.1 Å². The number of methoxy groups -OCH3 is 2. The fourth-order valence-electron chi connectivity index (χ4n) is 4.04. The number of hydrogen-bond donors (Lipinski definition) is 0. The fourth-order valence-corrected chi connectivity index (χ4v) is 4.04. The molecule has 1 aromatic carbocycles. The second-order valence-electron chi connectivity index (χ2n) is 7.61. The molecule has 2 unspecified atom stereocenters. The summed E-state index contributed by atoms with van der Waals surface area (Å²) < 4.78 is 13.1. The molecule has 0 aliphatic rings. The fraction of sp³-hybridized carbons (Fsp3) is 0.500. The van der Waals surface area contributed by atoms with Gasteiger partial charge in [0, 0.05) is 26.8 Å². The van der Waals surface area contributed by atoms with Gasteiger partial charge in [-0.25, -0.2) is 9.97 Å². The summed E-state index contributed by atoms with van der Waals surface area (Å²) in [6.07, 6.45) is -0.480. The smallest absolute Gasteiger partial charge is 0.164 e. The van der Waals surface area contributed by atoms with Gasteiger partial charge in [-0.1, -0.05) is 17.7 Å². The number of fused-ring (bicyclic) bond motifs is 1. The van der Waals surface area contributed by atoms with Crippen LogP contribution >= 0.6 is 0 Å². The topological polar surface area (TPSA) is 65.3 Å². The van der Waals surface area contributed by atoms with Gasteiger partial charge >= 0.3 is 0 Å². The molecular formula is C22H31N5O2. The van der Waals surface area contributed by atoms with Crippen LogP contribution in [0.1, 0.15) is 36.4 Å². The van der Waals surface area contributed by atoms with E-state index in [1.54, 1.807) is 14.2 Å². The van der Waals surface area contributed by atoms with Crippen LogP contribution in [0.3, 0.4) is 0 Å². The van der Waals surface area contributed by atoms with E-state index in [4.69, 9.17) is 24.5 Å². The lowest BCUT2D eigenvalue weighted by molar-refractivity contribution is 0.0421. The second kappa shape index (κ2) is 8.08. The normalized spacial score (nSPS) is 13.7. The van der Waals surface area contributed by atoms with Gasteiger partial charge in [-0.2, -0.15) is 5.10 Å². The minimum Gasteiger partial charge on any atom is -0.362 e. The molecule has 3 rings (SSSR count). The quantitative estimate of drug-likeness (QED) is 0.585. The predicted molar refractivity (Wildman–Crippen MR) is 116 cm³/mol. The first-order valence-electron chi connectivity index (χ1n) is 9.83. The van der Waals surface area contributed by atoms with E-state index in [1.165, 1.54) is 16.7 Å². The highest BCUT2D eigenvalue weighted by Gasteiger charge is 2.28. The van der Waals surface area contributed by atoms with Crippen LogP contribution in [0, 0.1) is 27.7 Å². The molecule has 0 amide bonds. The van der Waals surface area contributed by atoms with E-state index in [0.717, 1.165) is 22.3 Å². The zero-order valence-electron chi connectivity index (χ0n) is 18.9. The Morgan fingerprint density at radius 2 is 1.45 bits per heavy atom. The Labute approximate surface area is 172 Å². The average molecular weight is 398 g/mol. The first-order valence-corrected chi connectivity index (χ1v) is 9.83. The Balaban J connectivity index is 2.35. The van der Waals surface area contributed by atoms with Crippen molar-refractivity contribution in [1.29, 1.82) is 0 Å². The number of aromatic nitrogens is 4. The maximum absolute atomic E-state index is 5.60. The van der Waals surface area contributed by atoms with Gasteiger partial charge in [0.1, 0.15) is 23.8 Å². The number of aryl methyl sites for hydroxylation is 5. The molecule has 2 aromatic heterocycles. The third-order valence-electron chi connectivity index (χ3n) is 5.40. The molecule has 0 bridgehead atoms. The van der Waals surface area contributed by atoms with Crippen LogP contribution in [0.15, 0.2) is 12.1 Å². The zero-order chi connectivity index (χ0) is 21.5. The number of hydrogen-bond acceptors (Lipinski definition) is 6. The number of benzene rings is 1. The standard InChI is InChI=1S/C22H31N5O2/c1-12-10-13(2)18(14(3)11-12)21-19-20(25-26(21)7)22(24-15(4)23-19)27(16(5)28-8)17(6)29-9/h10-11,16-17H,1-9H3. The van der Waals surface area contributed by atoms with Gasteiger partial charge in [0.25, 0.3) is 0 Å². The van der Waals surface area contributed by atoms with Crippen molar-refractivity contribution in [1.82, 2.24) is 19.7 Å². The molecule has 0 aliphatic carbocycles. The summed E-state index contributed by atoms with van der Waals surface area (Å²) in [4.78, 5) is 11.5. The van der Waals surface area contributed by atoms with Crippen LogP contribution in [0.5, 0.6) is 0 Å². The van der Waals surface area contributed by atoms with Crippen molar-refractivity contribution >= 4 is 16.9 Å². The van der Waals surface area contributed by atoms with E-state index in [1.807, 2.05) is 37.4 Å². The van der Waals surface area contributed by atoms with Crippen molar-refractivity contribution in [2.45, 2.75) is 54.0 Å². The van der Waals surface area contributed by atoms with Gasteiger partial charge in [0.05, 0.1) is 5.69 Å². The summed E-state index contributed by atoms with van der Waals surface area (Å²) in [6, 6.07) is 4.39. The van der Waals surface area contributed by atoms with E-state index in [-0.39, 0.29) is 12.5 Å². The monoisotopic (exact) mass is 397 g/mol. The zero-order valence-corrected chi connectivity index (χ0v) is 18.9. The summed E-state index contributed by atoms with van der Waals surface area (Å²) in [5.41, 5.74) is 7.39. The largest absolute Gasteiger partial charge is 0.362 e. The average Bonchev–Trinajstić information content (AvgIpc) is 2.97. The summed E-state index contributed by atoms with van der Waals surface area (Å²) in [7, 11) is 5.31. The molecule has 0 spiro atoms. The SMILES string of the molecule is COC(C)N(c1nc(C)nc2c(-c3c(C)cc(C)cc3C)n(C)nc12)C(C)OC. The van der Waals surface area contributed by atoms with Crippen molar-refractivity contribution in [3.05, 3.63) is 34.6 Å². The molecule has 0 radical (unpaired) electrons. The molecule has 2 atom stereocenters. The van der Waals surface area contributed by atoms with E-state index in [0.29, 0.717) is 11.6 Å². The van der Waals surface area contributed by atoms with Crippen LogP contribution in [0.25, 0.3) is 22.3 Å². The van der Waals surface area contributed by atoms with Crippen molar-refractivity contribution in [3.8, 4) is 11.3 Å². The molecular weight excluding hydrogens is 366 g/mol.